The topological polar surface area (TPSA) is 217 Å². The number of aliphatic carboxylic acids is 1. The number of rotatable bonds is 17. The number of carbonyl (C=O) groups excluding carboxylic acids is 3. The molecule has 208 valence electrons. The fraction of sp³-hybridized carbons (Fsp3) is 0.583. The molecule has 1 rings (SSSR count). The molecule has 0 radical (unpaired) electrons. The molecule has 1 aromatic carbocycles. The normalized spacial score (nSPS) is 15.1. The molecular weight excluding hydrogens is 502 g/mol. The highest BCUT2D eigenvalue weighted by Crippen LogP contribution is 2.12. The Morgan fingerprint density at radius 1 is 0.919 bits per heavy atom. The Morgan fingerprint density at radius 2 is 1.46 bits per heavy atom. The predicted molar refractivity (Wildman–Crippen MR) is 141 cm³/mol. The van der Waals surface area contributed by atoms with Gasteiger partial charge in [0.25, 0.3) is 0 Å². The number of unbranched alkanes of at least 4 members (excludes halogenated alkanes) is 1. The number of nitrogens with one attached hydrogen (secondary N) is 3. The van der Waals surface area contributed by atoms with Gasteiger partial charge in [0.05, 0.1) is 6.10 Å². The molecule has 0 fully saturated rings. The Kier molecular flexibility index (Phi) is 14.6. The van der Waals surface area contributed by atoms with Crippen LogP contribution >= 0.6 is 11.8 Å². The third-order valence-electron chi connectivity index (χ3n) is 5.64. The van der Waals surface area contributed by atoms with Crippen molar-refractivity contribution in [3.05, 3.63) is 29.8 Å². The maximum absolute atomic E-state index is 13.1. The van der Waals surface area contributed by atoms with Crippen LogP contribution in [0.3, 0.4) is 0 Å². The maximum atomic E-state index is 13.1. The average molecular weight is 542 g/mol. The summed E-state index contributed by atoms with van der Waals surface area (Å²) >= 11 is 1.46. The van der Waals surface area contributed by atoms with Gasteiger partial charge in [-0.15, -0.1) is 0 Å². The van der Waals surface area contributed by atoms with Crippen LogP contribution in [0.25, 0.3) is 0 Å². The third kappa shape index (κ3) is 11.8. The Balaban J connectivity index is 3.01. The van der Waals surface area contributed by atoms with E-state index in [9.17, 15) is 34.5 Å². The number of thioether (sulfide) groups is 1. The van der Waals surface area contributed by atoms with Crippen molar-refractivity contribution in [1.82, 2.24) is 16.0 Å². The van der Waals surface area contributed by atoms with Crippen molar-refractivity contribution >= 4 is 35.5 Å². The molecule has 0 saturated carbocycles. The van der Waals surface area contributed by atoms with Crippen LogP contribution in [0.15, 0.2) is 24.3 Å². The van der Waals surface area contributed by atoms with Crippen LogP contribution in [0.2, 0.25) is 0 Å². The molecule has 37 heavy (non-hydrogen) atoms. The molecule has 0 aliphatic carbocycles. The van der Waals surface area contributed by atoms with Gasteiger partial charge >= 0.3 is 5.97 Å². The molecule has 5 atom stereocenters. The third-order valence-corrected chi connectivity index (χ3v) is 6.28. The summed E-state index contributed by atoms with van der Waals surface area (Å²) in [5.41, 5.74) is 11.8. The molecule has 0 bridgehead atoms. The lowest BCUT2D eigenvalue weighted by Gasteiger charge is -2.25. The zero-order valence-corrected chi connectivity index (χ0v) is 22.0. The van der Waals surface area contributed by atoms with Crippen molar-refractivity contribution in [2.45, 2.75) is 69.3 Å². The van der Waals surface area contributed by atoms with Gasteiger partial charge in [-0.05, 0) is 68.9 Å². The van der Waals surface area contributed by atoms with Gasteiger partial charge in [-0.2, -0.15) is 11.8 Å². The zero-order valence-electron chi connectivity index (χ0n) is 21.2. The summed E-state index contributed by atoms with van der Waals surface area (Å²) in [4.78, 5) is 50.3. The van der Waals surface area contributed by atoms with Crippen LogP contribution in [0.1, 0.15) is 38.2 Å². The van der Waals surface area contributed by atoms with E-state index in [1.807, 2.05) is 6.26 Å². The van der Waals surface area contributed by atoms with Crippen LogP contribution in [0, 0.1) is 0 Å². The first-order valence-corrected chi connectivity index (χ1v) is 13.4. The van der Waals surface area contributed by atoms with E-state index < -0.39 is 54.0 Å². The van der Waals surface area contributed by atoms with Crippen molar-refractivity contribution in [2.24, 2.45) is 11.5 Å². The fourth-order valence-corrected chi connectivity index (χ4v) is 3.84. The molecule has 10 N–H and O–H groups in total. The number of amides is 3. The highest BCUT2D eigenvalue weighted by Gasteiger charge is 2.30. The van der Waals surface area contributed by atoms with Crippen molar-refractivity contribution < 1.29 is 34.5 Å². The molecule has 0 aliphatic heterocycles. The number of phenols is 1. The highest BCUT2D eigenvalue weighted by molar-refractivity contribution is 7.98. The number of aromatic hydroxyl groups is 1. The van der Waals surface area contributed by atoms with E-state index in [0.717, 1.165) is 0 Å². The van der Waals surface area contributed by atoms with Gasteiger partial charge in [0.1, 0.15) is 29.9 Å². The van der Waals surface area contributed by atoms with Crippen LogP contribution in [-0.4, -0.2) is 87.8 Å². The number of carboxylic acids is 1. The van der Waals surface area contributed by atoms with Gasteiger partial charge in [0.15, 0.2) is 0 Å². The minimum Gasteiger partial charge on any atom is -0.508 e. The molecule has 5 unspecified atom stereocenters. The lowest BCUT2D eigenvalue weighted by Crippen LogP contribution is -2.58. The van der Waals surface area contributed by atoms with Crippen molar-refractivity contribution in [2.75, 3.05) is 18.6 Å². The molecule has 12 nitrogen and oxygen atoms in total. The van der Waals surface area contributed by atoms with Gasteiger partial charge in [0, 0.05) is 6.42 Å². The van der Waals surface area contributed by atoms with Crippen LogP contribution < -0.4 is 27.4 Å². The monoisotopic (exact) mass is 541 g/mol. The summed E-state index contributed by atoms with van der Waals surface area (Å²) in [5.74, 6) is -2.73. The van der Waals surface area contributed by atoms with E-state index in [1.165, 1.54) is 30.8 Å². The number of aliphatic hydroxyl groups is 1. The second-order valence-electron chi connectivity index (χ2n) is 8.72. The van der Waals surface area contributed by atoms with Gasteiger partial charge in [0.2, 0.25) is 17.7 Å². The van der Waals surface area contributed by atoms with Crippen molar-refractivity contribution in [3.8, 4) is 5.75 Å². The summed E-state index contributed by atoms with van der Waals surface area (Å²) in [6.45, 7) is 1.74. The second kappa shape index (κ2) is 16.8. The first kappa shape index (κ1) is 32.2. The second-order valence-corrected chi connectivity index (χ2v) is 9.71. The Morgan fingerprint density at radius 3 is 1.97 bits per heavy atom. The molecular formula is C24H39N5O7S. The van der Waals surface area contributed by atoms with Gasteiger partial charge in [-0.25, -0.2) is 4.79 Å². The quantitative estimate of drug-likeness (QED) is 0.113. The number of nitrogens with two attached hydrogens (primary N) is 2. The lowest BCUT2D eigenvalue weighted by atomic mass is 10.0. The zero-order chi connectivity index (χ0) is 28.0. The number of hydrogen-bond donors (Lipinski definition) is 8. The van der Waals surface area contributed by atoms with Gasteiger partial charge < -0.3 is 42.7 Å². The summed E-state index contributed by atoms with van der Waals surface area (Å²) in [6, 6.07) is 1.34. The largest absolute Gasteiger partial charge is 0.508 e. The molecule has 0 spiro atoms. The first-order chi connectivity index (χ1) is 17.5. The van der Waals surface area contributed by atoms with E-state index in [2.05, 4.69) is 16.0 Å². The Labute approximate surface area is 220 Å². The molecule has 13 heteroatoms. The SMILES string of the molecule is CSCCC(NC(=O)C(N)C(C)O)C(=O)NC(CCCCN)C(=O)NC(Cc1ccc(O)cc1)C(=O)O. The average Bonchev–Trinajstić information content (AvgIpc) is 2.85. The van der Waals surface area contributed by atoms with Gasteiger partial charge in [-0.1, -0.05) is 12.1 Å². The number of hydrogen-bond acceptors (Lipinski definition) is 9. The summed E-state index contributed by atoms with van der Waals surface area (Å²) in [6.07, 6.45) is 2.22. The lowest BCUT2D eigenvalue weighted by molar-refractivity contribution is -0.142. The predicted octanol–water partition coefficient (Wildman–Crippen LogP) is -0.936. The minimum absolute atomic E-state index is 0.0276. The Hall–Kier alpha value is -2.87. The maximum Gasteiger partial charge on any atom is 0.326 e. The number of carboxylic acid groups (broad SMARTS) is 1. The number of phenolic OH excluding ortho intramolecular Hbond substituents is 1. The smallest absolute Gasteiger partial charge is 0.326 e. The summed E-state index contributed by atoms with van der Waals surface area (Å²) in [7, 11) is 0. The van der Waals surface area contributed by atoms with E-state index >= 15 is 0 Å². The number of carbonyl (C=O) groups is 4. The van der Waals surface area contributed by atoms with Crippen molar-refractivity contribution in [3.63, 3.8) is 0 Å². The summed E-state index contributed by atoms with van der Waals surface area (Å²) in [5, 5.41) is 36.3. The van der Waals surface area contributed by atoms with Crippen LogP contribution in [-0.2, 0) is 25.6 Å². The molecule has 3 amide bonds. The van der Waals surface area contributed by atoms with E-state index in [0.29, 0.717) is 30.7 Å². The van der Waals surface area contributed by atoms with Crippen LogP contribution in [0.4, 0.5) is 0 Å². The molecule has 0 aromatic heterocycles. The first-order valence-electron chi connectivity index (χ1n) is 12.0. The van der Waals surface area contributed by atoms with E-state index in [-0.39, 0.29) is 25.0 Å². The summed E-state index contributed by atoms with van der Waals surface area (Å²) < 4.78 is 0. The standard InChI is InChI=1S/C24H39N5O7S/c1-14(30)20(26)23(34)28-18(10-12-37-2)22(33)27-17(5-3-4-11-25)21(32)29-19(24(35)36)13-15-6-8-16(31)9-7-15/h6-9,14,17-20,30-31H,3-5,10-13,25-26H2,1-2H3,(H,27,33)(H,28,34)(H,29,32)(H,35,36). The fourth-order valence-electron chi connectivity index (χ4n) is 3.37. The number of benzene rings is 1. The number of aliphatic hydroxyl groups excluding tert-OH is 1. The minimum atomic E-state index is -1.28. The van der Waals surface area contributed by atoms with Crippen molar-refractivity contribution in [1.29, 1.82) is 0 Å². The molecule has 1 aromatic rings. The molecule has 0 heterocycles. The highest BCUT2D eigenvalue weighted by atomic mass is 32.2. The van der Waals surface area contributed by atoms with E-state index in [4.69, 9.17) is 11.5 Å². The molecule has 0 saturated heterocycles. The van der Waals surface area contributed by atoms with Gasteiger partial charge in [-0.3, -0.25) is 14.4 Å². The Bertz CT molecular complexity index is 885. The van der Waals surface area contributed by atoms with E-state index in [1.54, 1.807) is 12.1 Å². The van der Waals surface area contributed by atoms with Crippen LogP contribution in [0.5, 0.6) is 5.75 Å². The molecule has 0 aliphatic rings.